The minimum absolute atomic E-state index is 0.0257. The Kier molecular flexibility index (Phi) is 6.89. The Morgan fingerprint density at radius 1 is 0.946 bits per heavy atom. The molecule has 0 aliphatic carbocycles. The van der Waals surface area contributed by atoms with Gasteiger partial charge in [-0.2, -0.15) is 0 Å². The van der Waals surface area contributed by atoms with E-state index in [4.69, 9.17) is 4.74 Å². The number of aromatic nitrogens is 2. The zero-order valence-electron chi connectivity index (χ0n) is 21.9. The van der Waals surface area contributed by atoms with E-state index < -0.39 is 0 Å². The second kappa shape index (κ2) is 10.3. The second-order valence-electron chi connectivity index (χ2n) is 10.0. The summed E-state index contributed by atoms with van der Waals surface area (Å²) in [6.45, 7) is 8.96. The molecule has 37 heavy (non-hydrogen) atoms. The van der Waals surface area contributed by atoms with Gasteiger partial charge < -0.3 is 19.2 Å². The van der Waals surface area contributed by atoms with Crippen LogP contribution in [0, 0.1) is 0 Å². The van der Waals surface area contributed by atoms with Gasteiger partial charge in [-0.05, 0) is 48.7 Å². The second-order valence-corrected chi connectivity index (χ2v) is 10.0. The van der Waals surface area contributed by atoms with Crippen LogP contribution in [0.3, 0.4) is 0 Å². The number of carbonyl (C=O) groups excluding carboxylic acids is 1. The number of rotatable bonds is 6. The highest BCUT2D eigenvalue weighted by Gasteiger charge is 2.30. The Bertz CT molecular complexity index is 1440. The number of ether oxygens (including phenoxy) is 1. The van der Waals surface area contributed by atoms with Crippen molar-refractivity contribution in [1.82, 2.24) is 19.4 Å². The third-order valence-electron chi connectivity index (χ3n) is 7.44. The molecule has 4 aromatic rings. The standard InChI is InChI=1S/C30H34N4O3/c1-20-17-33(22(3)35)18-21(2)34(20)15-16-37-26-11-9-24(10-12-26)23-5-7-25(8-6-23)28-19-32(4)30(36)29-27(28)13-14-31-29/h5-14,19-21,31H,15-18H2,1-4H3. The van der Waals surface area contributed by atoms with E-state index in [2.05, 4.69) is 60.1 Å². The lowest BCUT2D eigenvalue weighted by Crippen LogP contribution is -2.58. The molecule has 1 fully saturated rings. The molecule has 1 aliphatic heterocycles. The molecule has 1 N–H and O–H groups in total. The van der Waals surface area contributed by atoms with Gasteiger partial charge in [0.1, 0.15) is 17.9 Å². The highest BCUT2D eigenvalue weighted by molar-refractivity contribution is 5.94. The Morgan fingerprint density at radius 2 is 1.54 bits per heavy atom. The number of aromatic amines is 1. The Labute approximate surface area is 217 Å². The summed E-state index contributed by atoms with van der Waals surface area (Å²) in [6, 6.07) is 19.2. The first-order chi connectivity index (χ1) is 17.8. The molecular weight excluding hydrogens is 464 g/mol. The summed E-state index contributed by atoms with van der Waals surface area (Å²) in [4.78, 5) is 31.5. The van der Waals surface area contributed by atoms with Gasteiger partial charge in [0.05, 0.1) is 0 Å². The van der Waals surface area contributed by atoms with Crippen LogP contribution in [-0.2, 0) is 11.8 Å². The molecule has 0 radical (unpaired) electrons. The molecule has 2 atom stereocenters. The number of piperazine rings is 1. The fraction of sp³-hybridized carbons (Fsp3) is 0.333. The minimum atomic E-state index is -0.0257. The van der Waals surface area contributed by atoms with Crippen LogP contribution in [0.1, 0.15) is 20.8 Å². The summed E-state index contributed by atoms with van der Waals surface area (Å²) >= 11 is 0. The van der Waals surface area contributed by atoms with Crippen LogP contribution in [0.4, 0.5) is 0 Å². The number of hydrogen-bond acceptors (Lipinski definition) is 4. The van der Waals surface area contributed by atoms with Crippen molar-refractivity contribution in [3.8, 4) is 28.0 Å². The summed E-state index contributed by atoms with van der Waals surface area (Å²) in [7, 11) is 1.78. The zero-order valence-corrected chi connectivity index (χ0v) is 21.9. The smallest absolute Gasteiger partial charge is 0.274 e. The quantitative estimate of drug-likeness (QED) is 0.424. The molecule has 192 valence electrons. The Morgan fingerprint density at radius 3 is 2.16 bits per heavy atom. The van der Waals surface area contributed by atoms with Crippen LogP contribution in [0.15, 0.2) is 71.8 Å². The highest BCUT2D eigenvalue weighted by Crippen LogP contribution is 2.29. The third kappa shape index (κ3) is 5.04. The topological polar surface area (TPSA) is 70.6 Å². The van der Waals surface area contributed by atoms with Gasteiger partial charge in [0.15, 0.2) is 0 Å². The van der Waals surface area contributed by atoms with Gasteiger partial charge in [-0.1, -0.05) is 36.4 Å². The van der Waals surface area contributed by atoms with E-state index in [0.717, 1.165) is 53.0 Å². The van der Waals surface area contributed by atoms with E-state index in [9.17, 15) is 9.59 Å². The molecule has 0 spiro atoms. The number of nitrogens with one attached hydrogen (secondary N) is 1. The van der Waals surface area contributed by atoms with Crippen LogP contribution < -0.4 is 10.3 Å². The summed E-state index contributed by atoms with van der Waals surface area (Å²) in [6.07, 6.45) is 3.70. The van der Waals surface area contributed by atoms with Crippen molar-refractivity contribution < 1.29 is 9.53 Å². The number of fused-ring (bicyclic) bond motifs is 1. The van der Waals surface area contributed by atoms with Crippen LogP contribution in [0.5, 0.6) is 5.75 Å². The van der Waals surface area contributed by atoms with E-state index >= 15 is 0 Å². The summed E-state index contributed by atoms with van der Waals surface area (Å²) < 4.78 is 7.67. The summed E-state index contributed by atoms with van der Waals surface area (Å²) in [5.74, 6) is 0.998. The van der Waals surface area contributed by atoms with Crippen molar-refractivity contribution in [3.63, 3.8) is 0 Å². The number of pyridine rings is 1. The van der Waals surface area contributed by atoms with Crippen LogP contribution in [0.2, 0.25) is 0 Å². The number of aryl methyl sites for hydroxylation is 1. The van der Waals surface area contributed by atoms with Crippen molar-refractivity contribution in [3.05, 3.63) is 77.3 Å². The first kappa shape index (κ1) is 24.8. The number of H-pyrrole nitrogens is 1. The van der Waals surface area contributed by atoms with Gasteiger partial charge >= 0.3 is 0 Å². The summed E-state index contributed by atoms with van der Waals surface area (Å²) in [5, 5.41) is 0.932. The molecule has 1 saturated heterocycles. The van der Waals surface area contributed by atoms with E-state index in [1.165, 1.54) is 0 Å². The van der Waals surface area contributed by atoms with Gasteiger partial charge in [-0.25, -0.2) is 0 Å². The first-order valence-electron chi connectivity index (χ1n) is 12.8. The lowest BCUT2D eigenvalue weighted by molar-refractivity contribution is -0.133. The van der Waals surface area contributed by atoms with Crippen molar-refractivity contribution in [1.29, 1.82) is 0 Å². The molecule has 3 heterocycles. The van der Waals surface area contributed by atoms with Crippen molar-refractivity contribution in [2.45, 2.75) is 32.9 Å². The summed E-state index contributed by atoms with van der Waals surface area (Å²) in [5.41, 5.74) is 4.94. The Hall–Kier alpha value is -3.84. The highest BCUT2D eigenvalue weighted by atomic mass is 16.5. The maximum absolute atomic E-state index is 12.4. The van der Waals surface area contributed by atoms with Crippen LogP contribution in [0.25, 0.3) is 33.2 Å². The van der Waals surface area contributed by atoms with E-state index in [-0.39, 0.29) is 11.5 Å². The fourth-order valence-corrected chi connectivity index (χ4v) is 5.41. The number of amides is 1. The molecule has 2 aromatic carbocycles. The lowest BCUT2D eigenvalue weighted by Gasteiger charge is -2.44. The average molecular weight is 499 g/mol. The molecule has 5 rings (SSSR count). The monoisotopic (exact) mass is 498 g/mol. The normalized spacial score (nSPS) is 18.3. The van der Waals surface area contributed by atoms with Gasteiger partial charge in [0, 0.05) is 69.0 Å². The van der Waals surface area contributed by atoms with Gasteiger partial charge in [0.25, 0.3) is 5.56 Å². The third-order valence-corrected chi connectivity index (χ3v) is 7.44. The molecular formula is C30H34N4O3. The largest absolute Gasteiger partial charge is 0.492 e. The molecule has 2 aromatic heterocycles. The van der Waals surface area contributed by atoms with Crippen molar-refractivity contribution in [2.75, 3.05) is 26.2 Å². The molecule has 1 aliphatic rings. The van der Waals surface area contributed by atoms with Crippen LogP contribution in [-0.4, -0.2) is 63.6 Å². The van der Waals surface area contributed by atoms with E-state index in [0.29, 0.717) is 24.2 Å². The fourth-order valence-electron chi connectivity index (χ4n) is 5.41. The number of benzene rings is 2. The molecule has 0 bridgehead atoms. The molecule has 2 unspecified atom stereocenters. The minimum Gasteiger partial charge on any atom is -0.492 e. The van der Waals surface area contributed by atoms with Gasteiger partial charge in [-0.15, -0.1) is 0 Å². The molecule has 7 heteroatoms. The molecule has 7 nitrogen and oxygen atoms in total. The van der Waals surface area contributed by atoms with E-state index in [1.807, 2.05) is 35.5 Å². The first-order valence-corrected chi connectivity index (χ1v) is 12.8. The van der Waals surface area contributed by atoms with Gasteiger partial charge in [-0.3, -0.25) is 14.5 Å². The number of nitrogens with zero attached hydrogens (tertiary/aromatic N) is 3. The zero-order chi connectivity index (χ0) is 26.1. The van der Waals surface area contributed by atoms with Crippen LogP contribution >= 0.6 is 0 Å². The predicted octanol–water partition coefficient (Wildman–Crippen LogP) is 4.52. The van der Waals surface area contributed by atoms with Gasteiger partial charge in [0.2, 0.25) is 5.91 Å². The Balaban J connectivity index is 1.22. The molecule has 0 saturated carbocycles. The molecule has 1 amide bonds. The van der Waals surface area contributed by atoms with Crippen molar-refractivity contribution >= 4 is 16.8 Å². The predicted molar refractivity (Wildman–Crippen MR) is 148 cm³/mol. The lowest BCUT2D eigenvalue weighted by atomic mass is 9.99. The number of carbonyl (C=O) groups is 1. The average Bonchev–Trinajstić information content (AvgIpc) is 3.38. The number of hydrogen-bond donors (Lipinski definition) is 1. The van der Waals surface area contributed by atoms with Crippen molar-refractivity contribution in [2.24, 2.45) is 7.05 Å². The van der Waals surface area contributed by atoms with E-state index in [1.54, 1.807) is 18.5 Å². The SMILES string of the molecule is CC(=O)N1CC(C)N(CCOc2ccc(-c3ccc(-c4cn(C)c(=O)c5[nH]ccc45)cc3)cc2)C(C)C1. The maximum atomic E-state index is 12.4. The maximum Gasteiger partial charge on any atom is 0.274 e.